The zero-order valence-electron chi connectivity index (χ0n) is 17.9. The molecule has 1 aromatic heterocycles. The molecule has 2 N–H and O–H groups in total. The predicted molar refractivity (Wildman–Crippen MR) is 128 cm³/mol. The van der Waals surface area contributed by atoms with Gasteiger partial charge in [0.05, 0.1) is 13.2 Å². The molecule has 0 radical (unpaired) electrons. The number of aromatic nitrogens is 2. The zero-order chi connectivity index (χ0) is 21.3. The number of aliphatic imine (C=N–C) groups is 1. The van der Waals surface area contributed by atoms with E-state index in [0.717, 1.165) is 29.0 Å². The van der Waals surface area contributed by atoms with Crippen molar-refractivity contribution in [1.29, 1.82) is 0 Å². The maximum Gasteiger partial charge on any atom is 0.319 e. The Bertz CT molecular complexity index is 826. The Morgan fingerprint density at radius 1 is 1.23 bits per heavy atom. The summed E-state index contributed by atoms with van der Waals surface area (Å²) < 4.78 is 32.5. The molecule has 1 aliphatic rings. The average molecular weight is 548 g/mol. The minimum absolute atomic E-state index is 0. The van der Waals surface area contributed by atoms with E-state index < -0.39 is 6.55 Å². The Morgan fingerprint density at radius 3 is 2.65 bits per heavy atom. The van der Waals surface area contributed by atoms with Crippen molar-refractivity contribution in [2.24, 2.45) is 4.99 Å². The van der Waals surface area contributed by atoms with Gasteiger partial charge < -0.3 is 15.4 Å². The molecule has 0 spiro atoms. The summed E-state index contributed by atoms with van der Waals surface area (Å²) in [7, 11) is 1.68. The number of nitrogens with one attached hydrogen (secondary N) is 2. The Kier molecular flexibility index (Phi) is 10.4. The van der Waals surface area contributed by atoms with Crippen molar-refractivity contribution in [2.75, 3.05) is 33.3 Å². The molecular weight excluding hydrogens is 517 g/mol. The first-order chi connectivity index (χ1) is 14.6. The van der Waals surface area contributed by atoms with Crippen LogP contribution >= 0.6 is 24.0 Å². The number of nitrogens with zero attached hydrogens (tertiary/aromatic N) is 4. The third kappa shape index (κ3) is 6.76. The number of hydrogen-bond acceptors (Lipinski definition) is 4. The van der Waals surface area contributed by atoms with Gasteiger partial charge in [-0.15, -0.1) is 24.0 Å². The van der Waals surface area contributed by atoms with Crippen LogP contribution in [0.3, 0.4) is 0 Å². The number of imidazole rings is 1. The first kappa shape index (κ1) is 25.3. The van der Waals surface area contributed by atoms with Crippen LogP contribution in [0.2, 0.25) is 0 Å². The van der Waals surface area contributed by atoms with Crippen molar-refractivity contribution in [3.63, 3.8) is 0 Å². The van der Waals surface area contributed by atoms with Gasteiger partial charge in [-0.3, -0.25) is 9.47 Å². The number of rotatable bonds is 9. The van der Waals surface area contributed by atoms with Crippen molar-refractivity contribution in [3.8, 4) is 5.75 Å². The molecule has 7 nitrogen and oxygen atoms in total. The maximum atomic E-state index is 13.0. The number of alkyl halides is 2. The van der Waals surface area contributed by atoms with E-state index in [1.165, 1.54) is 25.2 Å². The Balaban J connectivity index is 0.00000341. The number of hydrogen-bond donors (Lipinski definition) is 2. The highest BCUT2D eigenvalue weighted by molar-refractivity contribution is 14.0. The van der Waals surface area contributed by atoms with Crippen LogP contribution in [0.25, 0.3) is 0 Å². The number of methoxy groups -OCH3 is 1. The summed E-state index contributed by atoms with van der Waals surface area (Å²) in [6.45, 7) is 2.76. The molecule has 1 atom stereocenters. The van der Waals surface area contributed by atoms with Crippen LogP contribution in [-0.4, -0.2) is 53.7 Å². The molecule has 1 aromatic carbocycles. The minimum atomic E-state index is -2.63. The summed E-state index contributed by atoms with van der Waals surface area (Å²) in [6.07, 6.45) is 4.98. The lowest BCUT2D eigenvalue weighted by molar-refractivity contribution is 0.0671. The molecular formula is C21H31F2IN6O. The molecule has 172 valence electrons. The topological polar surface area (TPSA) is 66.7 Å². The lowest BCUT2D eigenvalue weighted by Gasteiger charge is -2.30. The summed E-state index contributed by atoms with van der Waals surface area (Å²) in [5.41, 5.74) is 1.12. The molecule has 2 aromatic rings. The maximum absolute atomic E-state index is 13.0. The van der Waals surface area contributed by atoms with Gasteiger partial charge in [0.2, 0.25) is 0 Å². The van der Waals surface area contributed by atoms with Crippen molar-refractivity contribution in [1.82, 2.24) is 25.1 Å². The van der Waals surface area contributed by atoms with Gasteiger partial charge in [-0.25, -0.2) is 9.98 Å². The van der Waals surface area contributed by atoms with Crippen LogP contribution in [0.5, 0.6) is 5.75 Å². The Morgan fingerprint density at radius 2 is 1.97 bits per heavy atom. The first-order valence-corrected chi connectivity index (χ1v) is 10.3. The van der Waals surface area contributed by atoms with E-state index in [1.807, 2.05) is 25.1 Å². The van der Waals surface area contributed by atoms with Crippen LogP contribution in [-0.2, 0) is 6.54 Å². The van der Waals surface area contributed by atoms with Gasteiger partial charge >= 0.3 is 6.55 Å². The molecule has 1 unspecified atom stereocenters. The molecule has 2 heterocycles. The van der Waals surface area contributed by atoms with Crippen LogP contribution in [0, 0.1) is 0 Å². The highest BCUT2D eigenvalue weighted by Crippen LogP contribution is 2.31. The third-order valence-electron chi connectivity index (χ3n) is 5.22. The predicted octanol–water partition coefficient (Wildman–Crippen LogP) is 3.80. The molecule has 0 bridgehead atoms. The molecule has 31 heavy (non-hydrogen) atoms. The number of para-hydroxylation sites is 1. The molecule has 10 heteroatoms. The van der Waals surface area contributed by atoms with Gasteiger partial charge in [-0.05, 0) is 38.9 Å². The fourth-order valence-corrected chi connectivity index (χ4v) is 3.76. The fourth-order valence-electron chi connectivity index (χ4n) is 3.76. The van der Waals surface area contributed by atoms with Crippen molar-refractivity contribution >= 4 is 29.9 Å². The normalized spacial score (nSPS) is 15.6. The van der Waals surface area contributed by atoms with E-state index in [4.69, 9.17) is 4.74 Å². The van der Waals surface area contributed by atoms with Crippen LogP contribution in [0.15, 0.2) is 41.7 Å². The highest BCUT2D eigenvalue weighted by atomic mass is 127. The molecule has 1 saturated heterocycles. The first-order valence-electron chi connectivity index (χ1n) is 10.3. The van der Waals surface area contributed by atoms with Gasteiger partial charge in [-0.2, -0.15) is 8.78 Å². The molecule has 0 aliphatic carbocycles. The third-order valence-corrected chi connectivity index (χ3v) is 5.22. The van der Waals surface area contributed by atoms with E-state index in [0.29, 0.717) is 19.0 Å². The molecule has 3 rings (SSSR count). The van der Waals surface area contributed by atoms with E-state index in [-0.39, 0.29) is 42.4 Å². The Labute approximate surface area is 199 Å². The van der Waals surface area contributed by atoms with Crippen LogP contribution in [0.4, 0.5) is 8.78 Å². The van der Waals surface area contributed by atoms with Crippen molar-refractivity contribution in [3.05, 3.63) is 48.0 Å². The summed E-state index contributed by atoms with van der Waals surface area (Å²) in [5.74, 6) is 1.65. The smallest absolute Gasteiger partial charge is 0.319 e. The number of likely N-dealkylation sites (tertiary alicyclic amines) is 1. The summed E-state index contributed by atoms with van der Waals surface area (Å²) in [6, 6.07) is 8.17. The second-order valence-corrected chi connectivity index (χ2v) is 7.11. The lowest BCUT2D eigenvalue weighted by Crippen LogP contribution is -2.42. The van der Waals surface area contributed by atoms with Gasteiger partial charge in [0.15, 0.2) is 5.96 Å². The monoisotopic (exact) mass is 548 g/mol. The number of guanidine groups is 1. The van der Waals surface area contributed by atoms with Gasteiger partial charge in [0.25, 0.3) is 0 Å². The quantitative estimate of drug-likeness (QED) is 0.284. The van der Waals surface area contributed by atoms with E-state index in [1.54, 1.807) is 7.11 Å². The summed E-state index contributed by atoms with van der Waals surface area (Å²) in [5, 5.41) is 6.56. The summed E-state index contributed by atoms with van der Waals surface area (Å²) in [4.78, 5) is 10.9. The number of ether oxygens (including phenoxy) is 1. The van der Waals surface area contributed by atoms with Crippen molar-refractivity contribution < 1.29 is 13.5 Å². The molecule has 1 aliphatic heterocycles. The van der Waals surface area contributed by atoms with E-state index in [9.17, 15) is 8.78 Å². The SMILES string of the molecule is CCNC(=NCc1nccn1C(F)F)NCC(c1ccccc1OC)N1CCCC1.I. The standard InChI is InChI=1S/C21H30F2N6O.HI/c1-3-24-21(27-15-19-25-10-13-29(19)20(22)23)26-14-17(28-11-6-7-12-28)16-8-4-5-9-18(16)30-2;/h4-5,8-10,13,17,20H,3,6-7,11-12,14-15H2,1-2H3,(H2,24,26,27);1H. The molecule has 0 amide bonds. The molecule has 1 fully saturated rings. The average Bonchev–Trinajstić information content (AvgIpc) is 3.44. The highest BCUT2D eigenvalue weighted by Gasteiger charge is 2.26. The van der Waals surface area contributed by atoms with Crippen LogP contribution < -0.4 is 15.4 Å². The van der Waals surface area contributed by atoms with Gasteiger partial charge in [0.1, 0.15) is 18.1 Å². The Hall–Kier alpha value is -1.95. The number of halogens is 3. The fraction of sp³-hybridized carbons (Fsp3) is 0.524. The summed E-state index contributed by atoms with van der Waals surface area (Å²) >= 11 is 0. The number of benzene rings is 1. The lowest BCUT2D eigenvalue weighted by atomic mass is 10.0. The van der Waals surface area contributed by atoms with E-state index in [2.05, 4.69) is 31.6 Å². The largest absolute Gasteiger partial charge is 0.496 e. The van der Waals surface area contributed by atoms with Gasteiger partial charge in [-0.1, -0.05) is 18.2 Å². The molecule has 0 saturated carbocycles. The van der Waals surface area contributed by atoms with Crippen molar-refractivity contribution in [2.45, 2.75) is 38.9 Å². The second-order valence-electron chi connectivity index (χ2n) is 7.11. The zero-order valence-corrected chi connectivity index (χ0v) is 20.3. The van der Waals surface area contributed by atoms with E-state index >= 15 is 0 Å². The second kappa shape index (κ2) is 12.8. The minimum Gasteiger partial charge on any atom is -0.496 e. The van der Waals surface area contributed by atoms with Gasteiger partial charge in [0, 0.05) is 31.0 Å². The van der Waals surface area contributed by atoms with Crippen LogP contribution in [0.1, 0.15) is 43.7 Å².